The number of piperidine rings is 1. The summed E-state index contributed by atoms with van der Waals surface area (Å²) in [5, 5.41) is 3.00. The molecular formula is C26H34N2O3. The Morgan fingerprint density at radius 3 is 2.42 bits per heavy atom. The first-order valence-electron chi connectivity index (χ1n) is 11.2. The van der Waals surface area contributed by atoms with Gasteiger partial charge in [0.1, 0.15) is 5.75 Å². The van der Waals surface area contributed by atoms with Crippen molar-refractivity contribution in [2.24, 2.45) is 11.8 Å². The Labute approximate surface area is 185 Å². The Morgan fingerprint density at radius 1 is 1.06 bits per heavy atom. The fourth-order valence-corrected chi connectivity index (χ4v) is 4.42. The number of carbonyl (C=O) groups is 2. The van der Waals surface area contributed by atoms with Crippen LogP contribution < -0.4 is 10.1 Å². The summed E-state index contributed by atoms with van der Waals surface area (Å²) in [4.78, 5) is 26.7. The largest absolute Gasteiger partial charge is 0.481 e. The van der Waals surface area contributed by atoms with Gasteiger partial charge in [-0.1, -0.05) is 50.2 Å². The molecule has 3 unspecified atom stereocenters. The van der Waals surface area contributed by atoms with Crippen LogP contribution in [0.25, 0.3) is 0 Å². The third-order valence-corrected chi connectivity index (χ3v) is 5.83. The second-order valence-corrected chi connectivity index (χ2v) is 8.97. The lowest BCUT2D eigenvalue weighted by molar-refractivity contribution is -0.127. The highest BCUT2D eigenvalue weighted by Gasteiger charge is 2.22. The predicted molar refractivity (Wildman–Crippen MR) is 123 cm³/mol. The van der Waals surface area contributed by atoms with Gasteiger partial charge in [0.15, 0.2) is 11.9 Å². The highest BCUT2D eigenvalue weighted by molar-refractivity contribution is 5.94. The third kappa shape index (κ3) is 6.66. The first kappa shape index (κ1) is 23.0. The van der Waals surface area contributed by atoms with Crippen molar-refractivity contribution >= 4 is 11.7 Å². The Morgan fingerprint density at radius 2 is 1.74 bits per heavy atom. The number of hydrogen-bond acceptors (Lipinski definition) is 4. The molecule has 1 aliphatic rings. The van der Waals surface area contributed by atoms with E-state index in [1.54, 1.807) is 31.2 Å². The molecule has 5 heteroatoms. The number of Topliss-reactive ketones (excluding diaryl/α,β-unsaturated/α-hetero) is 1. The van der Waals surface area contributed by atoms with Gasteiger partial charge in [0.25, 0.3) is 5.91 Å². The summed E-state index contributed by atoms with van der Waals surface area (Å²) in [6, 6.07) is 15.2. The Bertz CT molecular complexity index is 901. The van der Waals surface area contributed by atoms with Crippen LogP contribution in [0.4, 0.5) is 0 Å². The first-order valence-corrected chi connectivity index (χ1v) is 11.2. The second kappa shape index (κ2) is 10.6. The minimum Gasteiger partial charge on any atom is -0.481 e. The lowest BCUT2D eigenvalue weighted by Crippen LogP contribution is -2.39. The van der Waals surface area contributed by atoms with E-state index in [1.807, 2.05) is 6.07 Å². The van der Waals surface area contributed by atoms with Gasteiger partial charge >= 0.3 is 0 Å². The zero-order chi connectivity index (χ0) is 22.4. The molecular weight excluding hydrogens is 388 g/mol. The number of nitrogens with one attached hydrogen (secondary N) is 1. The van der Waals surface area contributed by atoms with Crippen LogP contribution in [0, 0.1) is 11.8 Å². The van der Waals surface area contributed by atoms with Gasteiger partial charge in [-0.3, -0.25) is 14.5 Å². The molecule has 1 aliphatic heterocycles. The number of nitrogens with zero attached hydrogens (tertiary/aromatic N) is 1. The number of benzene rings is 2. The standard InChI is InChI=1S/C26H34N2O3/c1-18-12-19(2)16-28(15-18)17-24-9-6-5-8-23(24)14-27-26(30)21(4)31-25-11-7-10-22(13-25)20(3)29/h5-11,13,18-19,21H,12,14-17H2,1-4H3,(H,27,30). The van der Waals surface area contributed by atoms with Crippen molar-refractivity contribution in [1.82, 2.24) is 10.2 Å². The molecule has 1 saturated heterocycles. The quantitative estimate of drug-likeness (QED) is 0.639. The number of carbonyl (C=O) groups excluding carboxylic acids is 2. The van der Waals surface area contributed by atoms with E-state index in [1.165, 1.54) is 18.9 Å². The van der Waals surface area contributed by atoms with Crippen LogP contribution in [0.1, 0.15) is 55.6 Å². The van der Waals surface area contributed by atoms with Crippen LogP contribution in [0.5, 0.6) is 5.75 Å². The number of ether oxygens (including phenoxy) is 1. The summed E-state index contributed by atoms with van der Waals surface area (Å²) < 4.78 is 5.76. The number of ketones is 1. The zero-order valence-electron chi connectivity index (χ0n) is 19.1. The summed E-state index contributed by atoms with van der Waals surface area (Å²) in [7, 11) is 0. The molecule has 0 bridgehead atoms. The number of hydrogen-bond donors (Lipinski definition) is 1. The van der Waals surface area contributed by atoms with Gasteiger partial charge in [0.05, 0.1) is 0 Å². The van der Waals surface area contributed by atoms with Crippen LogP contribution in [0.3, 0.4) is 0 Å². The van der Waals surface area contributed by atoms with Crippen LogP contribution in [-0.4, -0.2) is 35.8 Å². The van der Waals surface area contributed by atoms with Crippen molar-refractivity contribution in [3.05, 3.63) is 65.2 Å². The SMILES string of the molecule is CC(=O)c1cccc(OC(C)C(=O)NCc2ccccc2CN2CC(C)CC(C)C2)c1. The summed E-state index contributed by atoms with van der Waals surface area (Å²) in [6.45, 7) is 11.5. The molecule has 0 saturated carbocycles. The normalized spacial score (nSPS) is 20.1. The predicted octanol–water partition coefficient (Wildman–Crippen LogP) is 4.45. The first-order chi connectivity index (χ1) is 14.8. The minimum atomic E-state index is -0.654. The van der Waals surface area contributed by atoms with Crippen molar-refractivity contribution in [2.75, 3.05) is 13.1 Å². The summed E-state index contributed by atoms with van der Waals surface area (Å²) in [6.07, 6.45) is 0.639. The highest BCUT2D eigenvalue weighted by Crippen LogP contribution is 2.23. The van der Waals surface area contributed by atoms with Crippen LogP contribution in [0.15, 0.2) is 48.5 Å². The van der Waals surface area contributed by atoms with Crippen LogP contribution in [0.2, 0.25) is 0 Å². The topological polar surface area (TPSA) is 58.6 Å². The highest BCUT2D eigenvalue weighted by atomic mass is 16.5. The van der Waals surface area contributed by atoms with Gasteiger partial charge in [0, 0.05) is 31.7 Å². The van der Waals surface area contributed by atoms with E-state index in [4.69, 9.17) is 4.74 Å². The lowest BCUT2D eigenvalue weighted by atomic mass is 9.91. The third-order valence-electron chi connectivity index (χ3n) is 5.83. The van der Waals surface area contributed by atoms with Gasteiger partial charge in [-0.2, -0.15) is 0 Å². The number of likely N-dealkylation sites (tertiary alicyclic amines) is 1. The molecule has 31 heavy (non-hydrogen) atoms. The fourth-order valence-electron chi connectivity index (χ4n) is 4.42. The second-order valence-electron chi connectivity index (χ2n) is 8.97. The molecule has 2 aromatic carbocycles. The average molecular weight is 423 g/mol. The smallest absolute Gasteiger partial charge is 0.261 e. The van der Waals surface area contributed by atoms with E-state index in [0.717, 1.165) is 37.0 Å². The maximum atomic E-state index is 12.6. The maximum absolute atomic E-state index is 12.6. The average Bonchev–Trinajstić information content (AvgIpc) is 2.72. The Kier molecular flexibility index (Phi) is 7.85. The van der Waals surface area contributed by atoms with E-state index < -0.39 is 6.10 Å². The summed E-state index contributed by atoms with van der Waals surface area (Å²) in [5.74, 6) is 1.74. The van der Waals surface area contributed by atoms with Gasteiger partial charge < -0.3 is 10.1 Å². The van der Waals surface area contributed by atoms with Crippen molar-refractivity contribution in [3.63, 3.8) is 0 Å². The van der Waals surface area contributed by atoms with Gasteiger partial charge in [-0.05, 0) is 55.4 Å². The number of amides is 1. The van der Waals surface area contributed by atoms with E-state index in [2.05, 4.69) is 42.3 Å². The molecule has 2 aromatic rings. The van der Waals surface area contributed by atoms with Crippen LogP contribution in [-0.2, 0) is 17.9 Å². The molecule has 1 fully saturated rings. The molecule has 1 N–H and O–H groups in total. The van der Waals surface area contributed by atoms with E-state index >= 15 is 0 Å². The Balaban J connectivity index is 1.57. The molecule has 3 rings (SSSR count). The van der Waals surface area contributed by atoms with E-state index in [-0.39, 0.29) is 11.7 Å². The fraction of sp³-hybridized carbons (Fsp3) is 0.462. The van der Waals surface area contributed by atoms with E-state index in [9.17, 15) is 9.59 Å². The zero-order valence-corrected chi connectivity index (χ0v) is 19.1. The Hall–Kier alpha value is -2.66. The van der Waals surface area contributed by atoms with Crippen molar-refractivity contribution in [2.45, 2.75) is 53.3 Å². The molecule has 0 aromatic heterocycles. The summed E-state index contributed by atoms with van der Waals surface area (Å²) >= 11 is 0. The lowest BCUT2D eigenvalue weighted by Gasteiger charge is -2.35. The number of rotatable bonds is 8. The molecule has 166 valence electrons. The molecule has 0 aliphatic carbocycles. The van der Waals surface area contributed by atoms with Crippen molar-refractivity contribution < 1.29 is 14.3 Å². The molecule has 0 radical (unpaired) electrons. The van der Waals surface area contributed by atoms with Crippen molar-refractivity contribution in [3.8, 4) is 5.75 Å². The van der Waals surface area contributed by atoms with Crippen molar-refractivity contribution in [1.29, 1.82) is 0 Å². The van der Waals surface area contributed by atoms with Gasteiger partial charge in [-0.25, -0.2) is 0 Å². The molecule has 0 spiro atoms. The maximum Gasteiger partial charge on any atom is 0.261 e. The molecule has 1 amide bonds. The summed E-state index contributed by atoms with van der Waals surface area (Å²) in [5.41, 5.74) is 2.96. The van der Waals surface area contributed by atoms with Crippen LogP contribution >= 0.6 is 0 Å². The molecule has 1 heterocycles. The molecule has 5 nitrogen and oxygen atoms in total. The minimum absolute atomic E-state index is 0.0309. The van der Waals surface area contributed by atoms with Gasteiger partial charge in [-0.15, -0.1) is 0 Å². The van der Waals surface area contributed by atoms with E-state index in [0.29, 0.717) is 17.9 Å². The molecule has 3 atom stereocenters. The monoisotopic (exact) mass is 422 g/mol. The van der Waals surface area contributed by atoms with Gasteiger partial charge in [0.2, 0.25) is 0 Å².